The van der Waals surface area contributed by atoms with Crippen molar-refractivity contribution in [2.45, 2.75) is 10.9 Å². The quantitative estimate of drug-likeness (QED) is 0.237. The predicted octanol–water partition coefficient (Wildman–Crippen LogP) is 6.04. The van der Waals surface area contributed by atoms with Crippen molar-refractivity contribution in [1.82, 2.24) is 4.98 Å². The zero-order chi connectivity index (χ0) is 22.5. The Morgan fingerprint density at radius 1 is 1.22 bits per heavy atom. The third kappa shape index (κ3) is 4.90. The Morgan fingerprint density at radius 3 is 2.72 bits per heavy atom. The lowest BCUT2D eigenvalue weighted by Crippen LogP contribution is -2.28. The Bertz CT molecular complexity index is 1130. The number of hydrogen-bond acceptors (Lipinski definition) is 6. The van der Waals surface area contributed by atoms with E-state index in [0.717, 1.165) is 21.4 Å². The highest BCUT2D eigenvalue weighted by atomic mass is 35.5. The molecule has 0 radical (unpaired) electrons. The van der Waals surface area contributed by atoms with Gasteiger partial charge in [0.15, 0.2) is 0 Å². The molecule has 10 heteroatoms. The molecule has 0 saturated heterocycles. The van der Waals surface area contributed by atoms with Crippen LogP contribution in [0.25, 0.3) is 10.8 Å². The van der Waals surface area contributed by atoms with E-state index in [4.69, 9.17) is 16.3 Å². The fourth-order valence-corrected chi connectivity index (χ4v) is 5.63. The summed E-state index contributed by atoms with van der Waals surface area (Å²) >= 11 is 6.14. The van der Waals surface area contributed by atoms with E-state index >= 15 is 0 Å². The third-order valence-electron chi connectivity index (χ3n) is 5.00. The Labute approximate surface area is 197 Å². The van der Waals surface area contributed by atoms with E-state index in [1.165, 1.54) is 15.7 Å². The second-order valence-electron chi connectivity index (χ2n) is 6.98. The molecular formula is C22H20ClN3O4S2. The lowest BCUT2D eigenvalue weighted by Gasteiger charge is -2.17. The van der Waals surface area contributed by atoms with Gasteiger partial charge in [0.25, 0.3) is 0 Å². The van der Waals surface area contributed by atoms with E-state index in [9.17, 15) is 14.7 Å². The van der Waals surface area contributed by atoms with Crippen molar-refractivity contribution in [3.63, 3.8) is 0 Å². The maximum Gasteiger partial charge on any atom is 0.411 e. The number of hydrogen-bond donors (Lipinski definition) is 2. The van der Waals surface area contributed by atoms with Crippen LogP contribution in [-0.2, 0) is 4.74 Å². The van der Waals surface area contributed by atoms with E-state index in [-0.39, 0.29) is 19.1 Å². The minimum atomic E-state index is -1.05. The summed E-state index contributed by atoms with van der Waals surface area (Å²) < 4.78 is 5.31. The average Bonchev–Trinajstić information content (AvgIpc) is 3.19. The van der Waals surface area contributed by atoms with Crippen LogP contribution in [0.4, 0.5) is 21.0 Å². The highest BCUT2D eigenvalue weighted by molar-refractivity contribution is 8.76. The molecule has 1 aliphatic rings. The SMILES string of the molecule is O=C(Nc1cc2c(c3ccccc13)C(CCl)CN2C(=O)O)OCCSSc1ccccn1. The molecule has 2 heterocycles. The summed E-state index contributed by atoms with van der Waals surface area (Å²) in [6, 6.07) is 14.9. The van der Waals surface area contributed by atoms with Gasteiger partial charge in [0.1, 0.15) is 11.6 Å². The summed E-state index contributed by atoms with van der Waals surface area (Å²) in [5.41, 5.74) is 1.93. The second kappa shape index (κ2) is 10.3. The highest BCUT2D eigenvalue weighted by Crippen LogP contribution is 2.44. The largest absolute Gasteiger partial charge is 0.465 e. The van der Waals surface area contributed by atoms with Gasteiger partial charge in [-0.1, -0.05) is 41.1 Å². The summed E-state index contributed by atoms with van der Waals surface area (Å²) in [5, 5.41) is 15.0. The fourth-order valence-electron chi connectivity index (χ4n) is 3.67. The van der Waals surface area contributed by atoms with Crippen LogP contribution in [0.1, 0.15) is 11.5 Å². The van der Waals surface area contributed by atoms with E-state index in [1.54, 1.807) is 23.1 Å². The van der Waals surface area contributed by atoms with Crippen LogP contribution in [0.15, 0.2) is 59.8 Å². The molecule has 3 aromatic rings. The van der Waals surface area contributed by atoms with Gasteiger partial charge >= 0.3 is 12.2 Å². The smallest absolute Gasteiger partial charge is 0.411 e. The number of fused-ring (bicyclic) bond motifs is 3. The zero-order valence-electron chi connectivity index (χ0n) is 16.9. The normalized spacial score (nSPS) is 14.9. The number of benzene rings is 2. The predicted molar refractivity (Wildman–Crippen MR) is 130 cm³/mol. The first-order chi connectivity index (χ1) is 15.6. The number of anilines is 2. The van der Waals surface area contributed by atoms with Crippen LogP contribution >= 0.6 is 33.2 Å². The van der Waals surface area contributed by atoms with Crippen LogP contribution in [-0.4, -0.2) is 47.1 Å². The number of carboxylic acid groups (broad SMARTS) is 1. The van der Waals surface area contributed by atoms with E-state index in [1.807, 2.05) is 42.5 Å². The molecular weight excluding hydrogens is 470 g/mol. The minimum absolute atomic E-state index is 0.109. The molecule has 166 valence electrons. The number of halogens is 1. The van der Waals surface area contributed by atoms with Gasteiger partial charge in [-0.15, -0.1) is 11.6 Å². The van der Waals surface area contributed by atoms with Crippen LogP contribution < -0.4 is 10.2 Å². The fraction of sp³-hybridized carbons (Fsp3) is 0.227. The summed E-state index contributed by atoms with van der Waals surface area (Å²) in [5.74, 6) is 0.801. The molecule has 0 saturated carbocycles. The maximum atomic E-state index is 12.4. The number of pyridine rings is 1. The summed E-state index contributed by atoms with van der Waals surface area (Å²) in [6.45, 7) is 0.520. The summed E-state index contributed by atoms with van der Waals surface area (Å²) in [4.78, 5) is 29.7. The van der Waals surface area contributed by atoms with Crippen molar-refractivity contribution in [2.75, 3.05) is 35.0 Å². The first kappa shape index (κ1) is 22.6. The average molecular weight is 490 g/mol. The van der Waals surface area contributed by atoms with Gasteiger partial charge in [0.05, 0.1) is 11.4 Å². The molecule has 1 unspecified atom stereocenters. The molecule has 0 fully saturated rings. The first-order valence-corrected chi connectivity index (χ1v) is 12.7. The molecule has 0 spiro atoms. The van der Waals surface area contributed by atoms with Crippen molar-refractivity contribution in [1.29, 1.82) is 0 Å². The Balaban J connectivity index is 1.45. The standard InChI is InChI=1S/C22H20ClN3O4S2/c23-12-14-13-26(22(28)29)18-11-17(15-5-1-2-6-16(15)20(14)18)25-21(27)30-9-10-31-32-19-7-3-4-8-24-19/h1-8,11,14H,9-10,12-13H2,(H,25,27)(H,28,29). The summed E-state index contributed by atoms with van der Waals surface area (Å²) in [6.07, 6.45) is 0.0895. The zero-order valence-corrected chi connectivity index (χ0v) is 19.3. The first-order valence-electron chi connectivity index (χ1n) is 9.85. The second-order valence-corrected chi connectivity index (χ2v) is 9.73. The molecule has 1 aromatic heterocycles. The number of ether oxygens (including phenoxy) is 1. The van der Waals surface area contributed by atoms with E-state index < -0.39 is 12.2 Å². The Kier molecular flexibility index (Phi) is 7.29. The molecule has 7 nitrogen and oxygen atoms in total. The highest BCUT2D eigenvalue weighted by Gasteiger charge is 2.34. The molecule has 0 bridgehead atoms. The van der Waals surface area contributed by atoms with Gasteiger partial charge in [-0.2, -0.15) is 0 Å². The van der Waals surface area contributed by atoms with Crippen molar-refractivity contribution in [2.24, 2.45) is 0 Å². The molecule has 1 aliphatic heterocycles. The van der Waals surface area contributed by atoms with E-state index in [0.29, 0.717) is 23.0 Å². The molecule has 1 atom stereocenters. The Hall–Kier alpha value is -2.62. The Morgan fingerprint density at radius 2 is 2.00 bits per heavy atom. The summed E-state index contributed by atoms with van der Waals surface area (Å²) in [7, 11) is 3.06. The number of aromatic nitrogens is 1. The number of carbonyl (C=O) groups excluding carboxylic acids is 1. The number of alkyl halides is 1. The molecule has 0 aliphatic carbocycles. The molecule has 32 heavy (non-hydrogen) atoms. The van der Waals surface area contributed by atoms with Crippen molar-refractivity contribution in [3.8, 4) is 0 Å². The van der Waals surface area contributed by atoms with Crippen molar-refractivity contribution < 1.29 is 19.4 Å². The van der Waals surface area contributed by atoms with Gasteiger partial charge in [0.2, 0.25) is 0 Å². The van der Waals surface area contributed by atoms with Crippen LogP contribution in [0, 0.1) is 0 Å². The topological polar surface area (TPSA) is 91.8 Å². The molecule has 2 amide bonds. The third-order valence-corrected chi connectivity index (χ3v) is 7.60. The van der Waals surface area contributed by atoms with Gasteiger partial charge < -0.3 is 9.84 Å². The molecule has 2 aromatic carbocycles. The number of amides is 2. The molecule has 4 rings (SSSR count). The monoisotopic (exact) mass is 489 g/mol. The van der Waals surface area contributed by atoms with Crippen LogP contribution in [0.5, 0.6) is 0 Å². The number of nitrogens with zero attached hydrogens (tertiary/aromatic N) is 2. The lowest BCUT2D eigenvalue weighted by atomic mass is 9.95. The van der Waals surface area contributed by atoms with Crippen LogP contribution in [0.3, 0.4) is 0 Å². The van der Waals surface area contributed by atoms with Crippen LogP contribution in [0.2, 0.25) is 0 Å². The van der Waals surface area contributed by atoms with Gasteiger partial charge in [-0.25, -0.2) is 14.6 Å². The van der Waals surface area contributed by atoms with Gasteiger partial charge in [-0.3, -0.25) is 10.2 Å². The number of carbonyl (C=O) groups is 2. The van der Waals surface area contributed by atoms with Gasteiger partial charge in [-0.05, 0) is 39.9 Å². The number of nitrogens with one attached hydrogen (secondary N) is 1. The lowest BCUT2D eigenvalue weighted by molar-refractivity contribution is 0.169. The minimum Gasteiger partial charge on any atom is -0.465 e. The van der Waals surface area contributed by atoms with Crippen molar-refractivity contribution >= 4 is 67.5 Å². The maximum absolute atomic E-state index is 12.4. The molecule has 2 N–H and O–H groups in total. The van der Waals surface area contributed by atoms with Crippen molar-refractivity contribution in [3.05, 3.63) is 60.3 Å². The number of rotatable bonds is 7. The van der Waals surface area contributed by atoms with E-state index in [2.05, 4.69) is 10.3 Å². The van der Waals surface area contributed by atoms with Gasteiger partial charge in [0, 0.05) is 35.7 Å².